The first-order valence-electron chi connectivity index (χ1n) is 6.42. The summed E-state index contributed by atoms with van der Waals surface area (Å²) in [6.07, 6.45) is 8.01. The van der Waals surface area contributed by atoms with Crippen molar-refractivity contribution in [1.82, 2.24) is 10.2 Å². The molecule has 0 aliphatic heterocycles. The van der Waals surface area contributed by atoms with Crippen molar-refractivity contribution in [2.45, 2.75) is 56.5 Å². The summed E-state index contributed by atoms with van der Waals surface area (Å²) in [4.78, 5) is 13.9. The topological polar surface area (TPSA) is 58.4 Å². The average Bonchev–Trinajstić information content (AvgIpc) is 2.71. The number of amides is 2. The van der Waals surface area contributed by atoms with Gasteiger partial charge in [0.25, 0.3) is 0 Å². The fraction of sp³-hybridized carbons (Fsp3) is 0.917. The van der Waals surface area contributed by atoms with Crippen molar-refractivity contribution in [2.75, 3.05) is 13.6 Å². The van der Waals surface area contributed by atoms with Gasteiger partial charge in [0.05, 0.1) is 5.54 Å². The minimum absolute atomic E-state index is 0.0667. The lowest BCUT2D eigenvalue weighted by atomic mass is 9.93. The number of carbonyl (C=O) groups is 1. The Labute approximate surface area is 97.6 Å². The van der Waals surface area contributed by atoms with Gasteiger partial charge in [-0.15, -0.1) is 0 Å². The number of nitrogens with two attached hydrogens (primary N) is 1. The molecule has 0 spiro atoms. The van der Waals surface area contributed by atoms with Gasteiger partial charge in [0.1, 0.15) is 0 Å². The zero-order valence-corrected chi connectivity index (χ0v) is 10.2. The Bertz CT molecular complexity index is 257. The molecule has 0 unspecified atom stereocenters. The molecule has 2 amide bonds. The van der Waals surface area contributed by atoms with E-state index in [0.29, 0.717) is 12.6 Å². The van der Waals surface area contributed by atoms with Gasteiger partial charge in [-0.2, -0.15) is 0 Å². The Balaban J connectivity index is 1.93. The summed E-state index contributed by atoms with van der Waals surface area (Å²) < 4.78 is 0. The summed E-state index contributed by atoms with van der Waals surface area (Å²) in [6, 6.07) is 0.475. The molecule has 16 heavy (non-hydrogen) atoms. The van der Waals surface area contributed by atoms with E-state index >= 15 is 0 Å². The monoisotopic (exact) mass is 225 g/mol. The zero-order chi connectivity index (χ0) is 11.6. The van der Waals surface area contributed by atoms with E-state index in [1.165, 1.54) is 19.3 Å². The third-order valence-electron chi connectivity index (χ3n) is 4.36. The molecule has 2 aliphatic rings. The Morgan fingerprint density at radius 3 is 2.44 bits per heavy atom. The Morgan fingerprint density at radius 1 is 1.38 bits per heavy atom. The third-order valence-corrected chi connectivity index (χ3v) is 4.36. The van der Waals surface area contributed by atoms with Crippen LogP contribution in [-0.2, 0) is 0 Å². The molecule has 0 saturated heterocycles. The van der Waals surface area contributed by atoms with Gasteiger partial charge in [-0.25, -0.2) is 4.79 Å². The fourth-order valence-corrected chi connectivity index (χ4v) is 2.75. The summed E-state index contributed by atoms with van der Waals surface area (Å²) in [5.41, 5.74) is 5.79. The number of carbonyl (C=O) groups excluding carboxylic acids is 1. The first kappa shape index (κ1) is 11.7. The molecule has 2 aliphatic carbocycles. The van der Waals surface area contributed by atoms with E-state index in [9.17, 15) is 4.79 Å². The largest absolute Gasteiger partial charge is 0.335 e. The average molecular weight is 225 g/mol. The van der Waals surface area contributed by atoms with Crippen LogP contribution in [0.5, 0.6) is 0 Å². The molecule has 2 fully saturated rings. The molecule has 92 valence electrons. The van der Waals surface area contributed by atoms with Gasteiger partial charge in [0, 0.05) is 19.6 Å². The molecule has 4 nitrogen and oxygen atoms in total. The number of hydrogen-bond acceptors (Lipinski definition) is 2. The van der Waals surface area contributed by atoms with Gasteiger partial charge in [-0.05, 0) is 32.1 Å². The first-order chi connectivity index (χ1) is 7.68. The highest BCUT2D eigenvalue weighted by Gasteiger charge is 2.39. The minimum atomic E-state index is -0.0756. The maximum atomic E-state index is 12.1. The molecule has 0 heterocycles. The highest BCUT2D eigenvalue weighted by Crippen LogP contribution is 2.33. The number of hydrogen-bond donors (Lipinski definition) is 2. The van der Waals surface area contributed by atoms with Crippen molar-refractivity contribution in [1.29, 1.82) is 0 Å². The second kappa shape index (κ2) is 4.62. The predicted molar refractivity (Wildman–Crippen MR) is 64.2 cm³/mol. The number of likely N-dealkylation sites (N-methyl/N-ethyl adjacent to an activating group) is 1. The smallest absolute Gasteiger partial charge is 0.317 e. The number of urea groups is 1. The molecule has 0 radical (unpaired) electrons. The van der Waals surface area contributed by atoms with Crippen molar-refractivity contribution >= 4 is 6.03 Å². The second-order valence-electron chi connectivity index (χ2n) is 5.27. The van der Waals surface area contributed by atoms with Gasteiger partial charge in [-0.3, -0.25) is 0 Å². The summed E-state index contributed by atoms with van der Waals surface area (Å²) >= 11 is 0. The van der Waals surface area contributed by atoms with Crippen LogP contribution in [0, 0.1) is 0 Å². The normalized spacial score (nSPS) is 23.9. The van der Waals surface area contributed by atoms with Crippen LogP contribution in [0.2, 0.25) is 0 Å². The van der Waals surface area contributed by atoms with E-state index in [1.807, 2.05) is 11.9 Å². The van der Waals surface area contributed by atoms with E-state index in [4.69, 9.17) is 5.73 Å². The lowest BCUT2D eigenvalue weighted by Gasteiger charge is -2.39. The van der Waals surface area contributed by atoms with Crippen LogP contribution in [0.25, 0.3) is 0 Å². The van der Waals surface area contributed by atoms with Crippen LogP contribution in [0.3, 0.4) is 0 Å². The molecule has 2 rings (SSSR count). The molecule has 3 N–H and O–H groups in total. The Morgan fingerprint density at radius 2 is 2.00 bits per heavy atom. The molecular formula is C12H23N3O. The van der Waals surface area contributed by atoms with Gasteiger partial charge in [-0.1, -0.05) is 12.8 Å². The molecule has 4 heteroatoms. The number of rotatable bonds is 3. The lowest BCUT2D eigenvalue weighted by molar-refractivity contribution is 0.134. The minimum Gasteiger partial charge on any atom is -0.335 e. The second-order valence-corrected chi connectivity index (χ2v) is 5.27. The van der Waals surface area contributed by atoms with E-state index in [1.54, 1.807) is 0 Å². The van der Waals surface area contributed by atoms with Crippen LogP contribution in [-0.4, -0.2) is 36.1 Å². The maximum absolute atomic E-state index is 12.1. The highest BCUT2D eigenvalue weighted by atomic mass is 16.2. The quantitative estimate of drug-likeness (QED) is 0.764. The Hall–Kier alpha value is -0.770. The van der Waals surface area contributed by atoms with Crippen molar-refractivity contribution in [3.63, 3.8) is 0 Å². The van der Waals surface area contributed by atoms with Gasteiger partial charge < -0.3 is 16.0 Å². The maximum Gasteiger partial charge on any atom is 0.317 e. The van der Waals surface area contributed by atoms with Crippen molar-refractivity contribution < 1.29 is 4.79 Å². The van der Waals surface area contributed by atoms with Gasteiger partial charge in [0.15, 0.2) is 0 Å². The van der Waals surface area contributed by atoms with Crippen LogP contribution >= 0.6 is 0 Å². The van der Waals surface area contributed by atoms with Gasteiger partial charge >= 0.3 is 6.03 Å². The van der Waals surface area contributed by atoms with Crippen LogP contribution in [0.15, 0.2) is 0 Å². The highest BCUT2D eigenvalue weighted by molar-refractivity contribution is 5.75. The standard InChI is InChI=1S/C12H23N3O/c1-15(11(16)14-10-5-4-6-10)12(9-13)7-2-3-8-12/h10H,2-9,13H2,1H3,(H,14,16). The Kier molecular flexibility index (Phi) is 3.38. The van der Waals surface area contributed by atoms with Crippen molar-refractivity contribution in [2.24, 2.45) is 5.73 Å². The van der Waals surface area contributed by atoms with E-state index in [-0.39, 0.29) is 11.6 Å². The van der Waals surface area contributed by atoms with E-state index in [0.717, 1.165) is 25.7 Å². The lowest BCUT2D eigenvalue weighted by Crippen LogP contribution is -2.57. The zero-order valence-electron chi connectivity index (χ0n) is 10.2. The van der Waals surface area contributed by atoms with Crippen molar-refractivity contribution in [3.05, 3.63) is 0 Å². The third kappa shape index (κ3) is 2.03. The van der Waals surface area contributed by atoms with Crippen LogP contribution in [0.1, 0.15) is 44.9 Å². The van der Waals surface area contributed by atoms with Gasteiger partial charge in [0.2, 0.25) is 0 Å². The fourth-order valence-electron chi connectivity index (χ4n) is 2.75. The van der Waals surface area contributed by atoms with E-state index in [2.05, 4.69) is 5.32 Å². The summed E-state index contributed by atoms with van der Waals surface area (Å²) in [6.45, 7) is 0.585. The molecule has 0 aromatic heterocycles. The van der Waals surface area contributed by atoms with Crippen LogP contribution < -0.4 is 11.1 Å². The summed E-state index contributed by atoms with van der Waals surface area (Å²) in [7, 11) is 1.90. The summed E-state index contributed by atoms with van der Waals surface area (Å²) in [5, 5.41) is 3.08. The molecular weight excluding hydrogens is 202 g/mol. The van der Waals surface area contributed by atoms with E-state index < -0.39 is 0 Å². The van der Waals surface area contributed by atoms with Crippen molar-refractivity contribution in [3.8, 4) is 0 Å². The molecule has 0 bridgehead atoms. The summed E-state index contributed by atoms with van der Waals surface area (Å²) in [5.74, 6) is 0. The molecule has 0 atom stereocenters. The SMILES string of the molecule is CN(C(=O)NC1CCC1)C1(CN)CCCC1. The molecule has 0 aromatic carbocycles. The first-order valence-corrected chi connectivity index (χ1v) is 6.42. The van der Waals surface area contributed by atoms with Crippen LogP contribution in [0.4, 0.5) is 4.79 Å². The predicted octanol–water partition coefficient (Wildman–Crippen LogP) is 1.45. The number of nitrogens with one attached hydrogen (secondary N) is 1. The molecule has 0 aromatic rings. The molecule has 2 saturated carbocycles. The number of nitrogens with zero attached hydrogens (tertiary/aromatic N) is 1.